The van der Waals surface area contributed by atoms with Crippen LogP contribution < -0.4 is 10.2 Å². The minimum Gasteiger partial charge on any atom is -0.358 e. The lowest BCUT2D eigenvalue weighted by Gasteiger charge is -2.33. The molecule has 0 saturated carbocycles. The predicted molar refractivity (Wildman–Crippen MR) is 100 cm³/mol. The van der Waals surface area contributed by atoms with Crippen molar-refractivity contribution >= 4 is 11.9 Å². The third-order valence-corrected chi connectivity index (χ3v) is 4.96. The highest BCUT2D eigenvalue weighted by Gasteiger charge is 2.23. The zero-order valence-electron chi connectivity index (χ0n) is 15.7. The summed E-state index contributed by atoms with van der Waals surface area (Å²) in [6, 6.07) is 8.17. The summed E-state index contributed by atoms with van der Waals surface area (Å²) in [7, 11) is 3.72. The van der Waals surface area contributed by atoms with Crippen LogP contribution in [0.4, 0.5) is 5.95 Å². The van der Waals surface area contributed by atoms with Gasteiger partial charge in [-0.2, -0.15) is 4.68 Å². The van der Waals surface area contributed by atoms with Crippen molar-refractivity contribution in [1.82, 2.24) is 30.4 Å². The molecule has 0 aliphatic carbocycles. The molecular formula is C18H27N7O. The Morgan fingerprint density at radius 3 is 2.62 bits per heavy atom. The number of carbonyl (C=O) groups is 1. The number of likely N-dealkylation sites (N-methyl/N-ethyl adjacent to an activating group) is 1. The van der Waals surface area contributed by atoms with Gasteiger partial charge in [0.1, 0.15) is 0 Å². The number of benzene rings is 1. The summed E-state index contributed by atoms with van der Waals surface area (Å²) in [6.45, 7) is 5.36. The van der Waals surface area contributed by atoms with E-state index in [1.807, 2.05) is 19.2 Å². The predicted octanol–water partition coefficient (Wildman–Crippen LogP) is 0.865. The van der Waals surface area contributed by atoms with Crippen molar-refractivity contribution in [3.63, 3.8) is 0 Å². The molecule has 1 aliphatic rings. The fourth-order valence-corrected chi connectivity index (χ4v) is 3.35. The van der Waals surface area contributed by atoms with E-state index in [1.54, 1.807) is 11.7 Å². The highest BCUT2D eigenvalue weighted by Crippen LogP contribution is 2.21. The van der Waals surface area contributed by atoms with Gasteiger partial charge in [-0.25, -0.2) is 0 Å². The van der Waals surface area contributed by atoms with Gasteiger partial charge in [-0.3, -0.25) is 9.69 Å². The second kappa shape index (κ2) is 8.27. The number of hydrogen-bond donors (Lipinski definition) is 1. The molecule has 2 heterocycles. The number of tetrazole rings is 1. The van der Waals surface area contributed by atoms with Crippen LogP contribution in [0.1, 0.15) is 18.4 Å². The number of aryl methyl sites for hydroxylation is 1. The Morgan fingerprint density at radius 2 is 1.96 bits per heavy atom. The Kier molecular flexibility index (Phi) is 5.82. The summed E-state index contributed by atoms with van der Waals surface area (Å²) < 4.78 is 1.78. The van der Waals surface area contributed by atoms with Crippen LogP contribution in [-0.4, -0.2) is 71.3 Å². The van der Waals surface area contributed by atoms with Gasteiger partial charge < -0.3 is 10.2 Å². The smallest absolute Gasteiger partial charge is 0.250 e. The maximum Gasteiger partial charge on any atom is 0.250 e. The fourth-order valence-electron chi connectivity index (χ4n) is 3.35. The van der Waals surface area contributed by atoms with E-state index in [2.05, 4.69) is 49.7 Å². The number of amides is 1. The highest BCUT2D eigenvalue weighted by molar-refractivity contribution is 5.77. The normalized spacial score (nSPS) is 15.8. The Labute approximate surface area is 154 Å². The van der Waals surface area contributed by atoms with Gasteiger partial charge in [-0.05, 0) is 61.3 Å². The maximum absolute atomic E-state index is 11.5. The highest BCUT2D eigenvalue weighted by atomic mass is 16.1. The zero-order chi connectivity index (χ0) is 18.5. The van der Waals surface area contributed by atoms with Crippen molar-refractivity contribution in [3.8, 4) is 5.69 Å². The van der Waals surface area contributed by atoms with Crippen LogP contribution in [0.15, 0.2) is 24.3 Å². The molecule has 1 aromatic carbocycles. The average molecular weight is 357 g/mol. The first kappa shape index (κ1) is 18.3. The van der Waals surface area contributed by atoms with Gasteiger partial charge in [0.15, 0.2) is 0 Å². The molecule has 0 radical (unpaired) electrons. The standard InChI is InChI=1S/C18H27N7O/c1-14-4-6-16(7-5-14)25-18(20-21-22-25)23(3)12-15-8-10-24(11-9-15)13-17(26)19-2/h4-7,15H,8-13H2,1-3H3,(H,19,26). The molecule has 140 valence electrons. The molecule has 0 spiro atoms. The van der Waals surface area contributed by atoms with E-state index in [0.717, 1.165) is 44.1 Å². The van der Waals surface area contributed by atoms with Gasteiger partial charge in [-0.15, -0.1) is 0 Å². The number of aromatic nitrogens is 4. The first-order valence-corrected chi connectivity index (χ1v) is 9.06. The molecule has 2 aromatic rings. The molecule has 1 saturated heterocycles. The summed E-state index contributed by atoms with van der Waals surface area (Å²) in [5.41, 5.74) is 2.17. The van der Waals surface area contributed by atoms with Crippen molar-refractivity contribution in [2.75, 3.05) is 45.2 Å². The van der Waals surface area contributed by atoms with Gasteiger partial charge in [0, 0.05) is 20.6 Å². The molecule has 1 aliphatic heterocycles. The third kappa shape index (κ3) is 4.37. The molecule has 1 aromatic heterocycles. The van der Waals surface area contributed by atoms with Crippen LogP contribution in [0.2, 0.25) is 0 Å². The quantitative estimate of drug-likeness (QED) is 0.826. The monoisotopic (exact) mass is 357 g/mol. The SMILES string of the molecule is CNC(=O)CN1CCC(CN(C)c2nnnn2-c2ccc(C)cc2)CC1. The Morgan fingerprint density at radius 1 is 1.27 bits per heavy atom. The summed E-state index contributed by atoms with van der Waals surface area (Å²) >= 11 is 0. The van der Waals surface area contributed by atoms with Crippen LogP contribution in [0.25, 0.3) is 5.69 Å². The number of carbonyl (C=O) groups excluding carboxylic acids is 1. The molecule has 8 nitrogen and oxygen atoms in total. The largest absolute Gasteiger partial charge is 0.358 e. The maximum atomic E-state index is 11.5. The van der Waals surface area contributed by atoms with E-state index >= 15 is 0 Å². The van der Waals surface area contributed by atoms with Crippen molar-refractivity contribution in [1.29, 1.82) is 0 Å². The van der Waals surface area contributed by atoms with Crippen molar-refractivity contribution in [2.24, 2.45) is 5.92 Å². The Bertz CT molecular complexity index is 719. The van der Waals surface area contributed by atoms with E-state index in [0.29, 0.717) is 12.5 Å². The Balaban J connectivity index is 1.58. The number of anilines is 1. The topological polar surface area (TPSA) is 79.2 Å². The van der Waals surface area contributed by atoms with Crippen molar-refractivity contribution < 1.29 is 4.79 Å². The number of likely N-dealkylation sites (tertiary alicyclic amines) is 1. The molecule has 1 amide bonds. The number of piperidine rings is 1. The fraction of sp³-hybridized carbons (Fsp3) is 0.556. The van der Waals surface area contributed by atoms with Gasteiger partial charge >= 0.3 is 0 Å². The number of nitrogens with zero attached hydrogens (tertiary/aromatic N) is 6. The minimum absolute atomic E-state index is 0.0813. The Hall–Kier alpha value is -2.48. The van der Waals surface area contributed by atoms with Crippen LogP contribution >= 0.6 is 0 Å². The van der Waals surface area contributed by atoms with Gasteiger partial charge in [0.25, 0.3) is 0 Å². The average Bonchev–Trinajstić information content (AvgIpc) is 3.14. The summed E-state index contributed by atoms with van der Waals surface area (Å²) in [5.74, 6) is 1.41. The molecule has 8 heteroatoms. The van der Waals surface area contributed by atoms with Gasteiger partial charge in [0.05, 0.1) is 12.2 Å². The molecule has 0 unspecified atom stereocenters. The van der Waals surface area contributed by atoms with E-state index < -0.39 is 0 Å². The van der Waals surface area contributed by atoms with E-state index in [4.69, 9.17) is 0 Å². The number of hydrogen-bond acceptors (Lipinski definition) is 6. The van der Waals surface area contributed by atoms with Gasteiger partial charge in [-0.1, -0.05) is 22.8 Å². The van der Waals surface area contributed by atoms with Crippen LogP contribution in [0.3, 0.4) is 0 Å². The molecule has 1 N–H and O–H groups in total. The lowest BCUT2D eigenvalue weighted by molar-refractivity contribution is -0.122. The minimum atomic E-state index is 0.0813. The molecular weight excluding hydrogens is 330 g/mol. The van der Waals surface area contributed by atoms with Crippen LogP contribution in [0, 0.1) is 12.8 Å². The number of rotatable bonds is 6. The number of nitrogens with one attached hydrogen (secondary N) is 1. The molecule has 26 heavy (non-hydrogen) atoms. The van der Waals surface area contributed by atoms with E-state index in [9.17, 15) is 4.79 Å². The first-order valence-electron chi connectivity index (χ1n) is 9.06. The molecule has 3 rings (SSSR count). The third-order valence-electron chi connectivity index (χ3n) is 4.96. The van der Waals surface area contributed by atoms with E-state index in [-0.39, 0.29) is 5.91 Å². The summed E-state index contributed by atoms with van der Waals surface area (Å²) in [6.07, 6.45) is 2.15. The first-order chi connectivity index (χ1) is 12.6. The summed E-state index contributed by atoms with van der Waals surface area (Å²) in [5, 5.41) is 14.9. The van der Waals surface area contributed by atoms with Crippen molar-refractivity contribution in [3.05, 3.63) is 29.8 Å². The zero-order valence-corrected chi connectivity index (χ0v) is 15.7. The molecule has 0 bridgehead atoms. The lowest BCUT2D eigenvalue weighted by atomic mass is 9.96. The second-order valence-corrected chi connectivity index (χ2v) is 7.00. The van der Waals surface area contributed by atoms with Crippen LogP contribution in [0.5, 0.6) is 0 Å². The molecule has 1 fully saturated rings. The van der Waals surface area contributed by atoms with Crippen molar-refractivity contribution in [2.45, 2.75) is 19.8 Å². The summed E-state index contributed by atoms with van der Waals surface area (Å²) in [4.78, 5) is 15.8. The lowest BCUT2D eigenvalue weighted by Crippen LogP contribution is -2.42. The van der Waals surface area contributed by atoms with Crippen LogP contribution in [-0.2, 0) is 4.79 Å². The molecule has 0 atom stereocenters. The van der Waals surface area contributed by atoms with Gasteiger partial charge in [0.2, 0.25) is 11.9 Å². The second-order valence-electron chi connectivity index (χ2n) is 7.00. The van der Waals surface area contributed by atoms with E-state index in [1.165, 1.54) is 5.56 Å².